The Morgan fingerprint density at radius 2 is 1.64 bits per heavy atom. The van der Waals surface area contributed by atoms with Crippen LogP contribution in [0.1, 0.15) is 25.3 Å². The number of rotatable bonds is 6. The van der Waals surface area contributed by atoms with Crippen molar-refractivity contribution in [2.75, 3.05) is 4.90 Å². The third kappa shape index (κ3) is 4.60. The van der Waals surface area contributed by atoms with Gasteiger partial charge in [-0.3, -0.25) is 0 Å². The molecule has 0 saturated carbocycles. The molecule has 0 spiro atoms. The summed E-state index contributed by atoms with van der Waals surface area (Å²) in [6, 6.07) is 19.5. The van der Waals surface area contributed by atoms with Gasteiger partial charge >= 0.3 is 0 Å². The molecule has 1 aliphatic carbocycles. The minimum Gasteiger partial charge on any atom is -0.311 e. The van der Waals surface area contributed by atoms with Gasteiger partial charge < -0.3 is 4.90 Å². The molecule has 0 fully saturated rings. The predicted octanol–water partition coefficient (Wildman–Crippen LogP) is 6.73. The maximum Gasteiger partial charge on any atom is 0.0461 e. The Bertz CT molecular complexity index is 777. The lowest BCUT2D eigenvalue weighted by atomic mass is 10.1. The molecule has 0 heterocycles. The summed E-state index contributed by atoms with van der Waals surface area (Å²) in [4.78, 5) is 2.33. The van der Waals surface area contributed by atoms with E-state index >= 15 is 0 Å². The summed E-state index contributed by atoms with van der Waals surface area (Å²) in [7, 11) is 0. The van der Waals surface area contributed by atoms with E-state index in [2.05, 4.69) is 96.0 Å². The first-order chi connectivity index (χ1) is 12.4. The van der Waals surface area contributed by atoms with Gasteiger partial charge in [0.1, 0.15) is 0 Å². The van der Waals surface area contributed by atoms with Crippen molar-refractivity contribution in [2.24, 2.45) is 0 Å². The van der Waals surface area contributed by atoms with Crippen LogP contribution in [0.2, 0.25) is 0 Å². The molecule has 1 nitrogen and oxygen atoms in total. The lowest BCUT2D eigenvalue weighted by Crippen LogP contribution is -2.16. The van der Waals surface area contributed by atoms with Gasteiger partial charge in [0.15, 0.2) is 0 Å². The Kier molecular flexibility index (Phi) is 6.06. The molecule has 0 unspecified atom stereocenters. The molecule has 0 atom stereocenters. The summed E-state index contributed by atoms with van der Waals surface area (Å²) in [6.07, 6.45) is 18.4. The zero-order chi connectivity index (χ0) is 17.3. The quantitative estimate of drug-likeness (QED) is 0.531. The molecule has 0 N–H and O–H groups in total. The second-order valence-corrected chi connectivity index (χ2v) is 6.10. The molecule has 0 aromatic heterocycles. The average Bonchev–Trinajstić information content (AvgIpc) is 2.68. The maximum absolute atomic E-state index is 2.33. The van der Waals surface area contributed by atoms with Crippen LogP contribution in [-0.2, 0) is 6.42 Å². The molecule has 2 aromatic rings. The summed E-state index contributed by atoms with van der Waals surface area (Å²) in [5.74, 6) is 0. The van der Waals surface area contributed by atoms with Crippen molar-refractivity contribution in [1.82, 2.24) is 0 Å². The van der Waals surface area contributed by atoms with Gasteiger partial charge in [-0.2, -0.15) is 0 Å². The lowest BCUT2D eigenvalue weighted by molar-refractivity contribution is 0.997. The summed E-state index contributed by atoms with van der Waals surface area (Å²) in [6.45, 7) is 2.03. The third-order valence-corrected chi connectivity index (χ3v) is 4.24. The Morgan fingerprint density at radius 3 is 2.32 bits per heavy atom. The minimum atomic E-state index is 0.957. The molecule has 126 valence electrons. The SMILES string of the molecule is C/C=C\C=C/Cc1ccc(N(C2=CCCC=C2)c2ccccc2)cc1. The van der Waals surface area contributed by atoms with E-state index < -0.39 is 0 Å². The maximum atomic E-state index is 2.33. The number of anilines is 2. The van der Waals surface area contributed by atoms with Crippen LogP contribution >= 0.6 is 0 Å². The summed E-state index contributed by atoms with van der Waals surface area (Å²) in [5.41, 5.74) is 4.97. The molecule has 3 rings (SSSR count). The van der Waals surface area contributed by atoms with Crippen molar-refractivity contribution in [3.05, 3.63) is 108 Å². The van der Waals surface area contributed by atoms with Crippen LogP contribution in [0, 0.1) is 0 Å². The van der Waals surface area contributed by atoms with Crippen LogP contribution in [0.5, 0.6) is 0 Å². The molecule has 0 saturated heterocycles. The standard InChI is InChI=1S/C24H25N/c1-2-3-4-7-12-21-17-19-24(20-18-21)25(22-13-8-5-9-14-22)23-15-10-6-11-16-23/h2-5,7-10,13-20H,6,11-12H2,1H3/b3-2-,7-4-. The number of hydrogen-bond donors (Lipinski definition) is 0. The van der Waals surface area contributed by atoms with Crippen molar-refractivity contribution >= 4 is 11.4 Å². The zero-order valence-electron chi connectivity index (χ0n) is 14.8. The highest BCUT2D eigenvalue weighted by atomic mass is 15.1. The van der Waals surface area contributed by atoms with Crippen LogP contribution in [0.3, 0.4) is 0 Å². The van der Waals surface area contributed by atoms with E-state index in [1.165, 1.54) is 22.6 Å². The summed E-state index contributed by atoms with van der Waals surface area (Å²) < 4.78 is 0. The van der Waals surface area contributed by atoms with Gasteiger partial charge in [-0.1, -0.05) is 66.8 Å². The first kappa shape index (κ1) is 17.0. The molecule has 0 amide bonds. The minimum absolute atomic E-state index is 0.957. The summed E-state index contributed by atoms with van der Waals surface area (Å²) in [5, 5.41) is 0. The normalized spacial score (nSPS) is 14.2. The van der Waals surface area contributed by atoms with E-state index in [9.17, 15) is 0 Å². The fourth-order valence-corrected chi connectivity index (χ4v) is 2.96. The second kappa shape index (κ2) is 8.89. The average molecular weight is 327 g/mol. The fraction of sp³-hybridized carbons (Fsp3) is 0.167. The highest BCUT2D eigenvalue weighted by Crippen LogP contribution is 2.32. The number of hydrogen-bond acceptors (Lipinski definition) is 1. The van der Waals surface area contributed by atoms with Gasteiger partial charge in [-0.05, 0) is 62.1 Å². The van der Waals surface area contributed by atoms with E-state index in [1.54, 1.807) is 0 Å². The third-order valence-electron chi connectivity index (χ3n) is 4.24. The highest BCUT2D eigenvalue weighted by Gasteiger charge is 2.13. The number of benzene rings is 2. The smallest absolute Gasteiger partial charge is 0.0461 e. The van der Waals surface area contributed by atoms with Crippen LogP contribution in [0.15, 0.2) is 103 Å². The van der Waals surface area contributed by atoms with E-state index in [4.69, 9.17) is 0 Å². The molecule has 0 bridgehead atoms. The number of nitrogens with zero attached hydrogens (tertiary/aromatic N) is 1. The van der Waals surface area contributed by atoms with Gasteiger partial charge in [-0.25, -0.2) is 0 Å². The molecular weight excluding hydrogens is 302 g/mol. The topological polar surface area (TPSA) is 3.24 Å². The van der Waals surface area contributed by atoms with Crippen molar-refractivity contribution in [3.63, 3.8) is 0 Å². The van der Waals surface area contributed by atoms with E-state index in [0.717, 1.165) is 19.3 Å². The molecule has 25 heavy (non-hydrogen) atoms. The largest absolute Gasteiger partial charge is 0.311 e. The van der Waals surface area contributed by atoms with Crippen molar-refractivity contribution < 1.29 is 0 Å². The molecule has 0 aliphatic heterocycles. The van der Waals surface area contributed by atoms with Crippen molar-refractivity contribution in [3.8, 4) is 0 Å². The van der Waals surface area contributed by atoms with Crippen LogP contribution in [0.4, 0.5) is 11.4 Å². The van der Waals surface area contributed by atoms with Gasteiger partial charge in [-0.15, -0.1) is 0 Å². The number of allylic oxidation sites excluding steroid dienone is 7. The highest BCUT2D eigenvalue weighted by molar-refractivity contribution is 5.70. The van der Waals surface area contributed by atoms with Gasteiger partial charge in [0.2, 0.25) is 0 Å². The summed E-state index contributed by atoms with van der Waals surface area (Å²) >= 11 is 0. The van der Waals surface area contributed by atoms with Crippen LogP contribution in [0.25, 0.3) is 0 Å². The first-order valence-electron chi connectivity index (χ1n) is 8.97. The monoisotopic (exact) mass is 327 g/mol. The van der Waals surface area contributed by atoms with E-state index in [0.29, 0.717) is 0 Å². The molecule has 2 aromatic carbocycles. The molecular formula is C24H25N. The Balaban J connectivity index is 1.86. The Hall–Kier alpha value is -2.80. The van der Waals surface area contributed by atoms with Gasteiger partial charge in [0, 0.05) is 17.1 Å². The molecule has 1 aliphatic rings. The van der Waals surface area contributed by atoms with Gasteiger partial charge in [0.05, 0.1) is 0 Å². The Morgan fingerprint density at radius 1 is 0.880 bits per heavy atom. The second-order valence-electron chi connectivity index (χ2n) is 6.10. The zero-order valence-corrected chi connectivity index (χ0v) is 14.8. The first-order valence-corrected chi connectivity index (χ1v) is 8.97. The Labute approximate surface area is 151 Å². The van der Waals surface area contributed by atoms with Crippen molar-refractivity contribution in [2.45, 2.75) is 26.2 Å². The van der Waals surface area contributed by atoms with Crippen LogP contribution < -0.4 is 4.90 Å². The molecule has 0 radical (unpaired) electrons. The van der Waals surface area contributed by atoms with E-state index in [-0.39, 0.29) is 0 Å². The predicted molar refractivity (Wildman–Crippen MR) is 109 cm³/mol. The fourth-order valence-electron chi connectivity index (χ4n) is 2.96. The number of para-hydroxylation sites is 1. The van der Waals surface area contributed by atoms with Gasteiger partial charge in [0.25, 0.3) is 0 Å². The van der Waals surface area contributed by atoms with Crippen molar-refractivity contribution in [1.29, 1.82) is 0 Å². The van der Waals surface area contributed by atoms with Crippen LogP contribution in [-0.4, -0.2) is 0 Å². The van der Waals surface area contributed by atoms with E-state index in [1.807, 2.05) is 13.0 Å². The molecule has 1 heteroatoms. The lowest BCUT2D eigenvalue weighted by Gasteiger charge is -2.27.